The van der Waals surface area contributed by atoms with Crippen LogP contribution in [0.15, 0.2) is 54.6 Å². The Hall–Kier alpha value is -3.00. The van der Waals surface area contributed by atoms with Crippen molar-refractivity contribution in [2.24, 2.45) is 5.92 Å². The highest BCUT2D eigenvalue weighted by Gasteiger charge is 2.33. The maximum Gasteiger partial charge on any atom is 0.326 e. The molecule has 0 aliphatic rings. The standard InChI is InChI=1S/C25H32N2O5S/c1-4-15(2)22(33)24(30)27-21(16(3)18-8-6-5-7-9-18)23(29)26-20(25(31)32)14-17-10-12-19(28)13-11-17/h5-13,15-16,20-22,28,33H,4,14H2,1-3H3,(H,26,29)(H,27,30)(H,31,32)/t15?,16?,20-,21-,22-/m0/s1. The lowest BCUT2D eigenvalue weighted by molar-refractivity contribution is -0.142. The van der Waals surface area contributed by atoms with Gasteiger partial charge in [0.05, 0.1) is 5.25 Å². The Balaban J connectivity index is 2.25. The van der Waals surface area contributed by atoms with Gasteiger partial charge in [-0.2, -0.15) is 12.6 Å². The highest BCUT2D eigenvalue weighted by atomic mass is 32.1. The minimum Gasteiger partial charge on any atom is -0.508 e. The molecule has 2 amide bonds. The molecule has 33 heavy (non-hydrogen) atoms. The summed E-state index contributed by atoms with van der Waals surface area (Å²) in [6, 6.07) is 13.2. The van der Waals surface area contributed by atoms with Gasteiger partial charge in [-0.1, -0.05) is 69.7 Å². The van der Waals surface area contributed by atoms with Crippen molar-refractivity contribution < 1.29 is 24.6 Å². The third-order valence-electron chi connectivity index (χ3n) is 5.85. The zero-order valence-electron chi connectivity index (χ0n) is 19.1. The van der Waals surface area contributed by atoms with Gasteiger partial charge in [0.1, 0.15) is 17.8 Å². The van der Waals surface area contributed by atoms with Crippen LogP contribution < -0.4 is 10.6 Å². The second-order valence-electron chi connectivity index (χ2n) is 8.29. The third kappa shape index (κ3) is 7.53. The monoisotopic (exact) mass is 472 g/mol. The van der Waals surface area contributed by atoms with Crippen molar-refractivity contribution in [1.29, 1.82) is 0 Å². The summed E-state index contributed by atoms with van der Waals surface area (Å²) < 4.78 is 0. The summed E-state index contributed by atoms with van der Waals surface area (Å²) in [7, 11) is 0. The van der Waals surface area contributed by atoms with Crippen molar-refractivity contribution in [2.75, 3.05) is 0 Å². The summed E-state index contributed by atoms with van der Waals surface area (Å²) in [5, 5.41) is 23.9. The fourth-order valence-corrected chi connectivity index (χ4v) is 3.70. The first-order valence-corrected chi connectivity index (χ1v) is 11.5. The number of carbonyl (C=O) groups is 3. The normalized spacial score (nSPS) is 15.5. The molecule has 178 valence electrons. The molecule has 0 aliphatic heterocycles. The molecule has 0 aromatic heterocycles. The first kappa shape index (κ1) is 26.3. The van der Waals surface area contributed by atoms with E-state index in [1.807, 2.05) is 51.1 Å². The summed E-state index contributed by atoms with van der Waals surface area (Å²) >= 11 is 4.42. The van der Waals surface area contributed by atoms with Gasteiger partial charge >= 0.3 is 5.97 Å². The molecular weight excluding hydrogens is 440 g/mol. The molecule has 5 atom stereocenters. The smallest absolute Gasteiger partial charge is 0.326 e. The van der Waals surface area contributed by atoms with Crippen LogP contribution in [0.2, 0.25) is 0 Å². The number of hydrogen-bond acceptors (Lipinski definition) is 5. The quantitative estimate of drug-likeness (QED) is 0.322. The van der Waals surface area contributed by atoms with E-state index in [2.05, 4.69) is 23.3 Å². The molecule has 0 fully saturated rings. The molecule has 0 radical (unpaired) electrons. The van der Waals surface area contributed by atoms with Gasteiger partial charge in [0.25, 0.3) is 0 Å². The minimum atomic E-state index is -1.20. The number of phenols is 1. The van der Waals surface area contributed by atoms with Crippen molar-refractivity contribution in [1.82, 2.24) is 10.6 Å². The number of carboxylic acids is 1. The molecule has 2 unspecified atom stereocenters. The number of benzene rings is 2. The fraction of sp³-hybridized carbons (Fsp3) is 0.400. The van der Waals surface area contributed by atoms with Crippen LogP contribution in [0.3, 0.4) is 0 Å². The van der Waals surface area contributed by atoms with Crippen LogP contribution in [0.4, 0.5) is 0 Å². The number of carboxylic acid groups (broad SMARTS) is 1. The zero-order chi connectivity index (χ0) is 24.5. The summed E-state index contributed by atoms with van der Waals surface area (Å²) in [4.78, 5) is 38.0. The molecule has 0 heterocycles. The molecule has 8 heteroatoms. The number of aromatic hydroxyl groups is 1. The predicted molar refractivity (Wildman–Crippen MR) is 130 cm³/mol. The summed E-state index contributed by atoms with van der Waals surface area (Å²) in [5.41, 5.74) is 1.48. The summed E-state index contributed by atoms with van der Waals surface area (Å²) in [6.45, 7) is 5.68. The SMILES string of the molecule is CCC(C)[C@H](S)C(=O)N[C@H](C(=O)N[C@@H](Cc1ccc(O)cc1)C(=O)O)C(C)c1ccccc1. The Bertz CT molecular complexity index is 936. The van der Waals surface area contributed by atoms with E-state index < -0.39 is 35.1 Å². The maximum absolute atomic E-state index is 13.3. The van der Waals surface area contributed by atoms with E-state index in [4.69, 9.17) is 0 Å². The van der Waals surface area contributed by atoms with Crippen LogP contribution in [-0.4, -0.2) is 45.3 Å². The van der Waals surface area contributed by atoms with Crippen molar-refractivity contribution in [3.05, 3.63) is 65.7 Å². The van der Waals surface area contributed by atoms with Crippen LogP contribution in [0.1, 0.15) is 44.2 Å². The summed E-state index contributed by atoms with van der Waals surface area (Å²) in [5.74, 6) is -2.49. The number of thiol groups is 1. The highest BCUT2D eigenvalue weighted by molar-refractivity contribution is 7.81. The van der Waals surface area contributed by atoms with Gasteiger partial charge in [-0.15, -0.1) is 0 Å². The molecule has 4 N–H and O–H groups in total. The topological polar surface area (TPSA) is 116 Å². The van der Waals surface area contributed by atoms with Crippen molar-refractivity contribution in [3.8, 4) is 5.75 Å². The minimum absolute atomic E-state index is 0.00494. The molecule has 0 bridgehead atoms. The number of rotatable bonds is 11. The molecule has 2 rings (SSSR count). The van der Waals surface area contributed by atoms with E-state index in [1.165, 1.54) is 12.1 Å². The Morgan fingerprint density at radius 2 is 1.55 bits per heavy atom. The number of carbonyl (C=O) groups excluding carboxylic acids is 2. The molecule has 2 aromatic carbocycles. The highest BCUT2D eigenvalue weighted by Crippen LogP contribution is 2.21. The van der Waals surface area contributed by atoms with Gasteiger partial charge in [-0.25, -0.2) is 4.79 Å². The van der Waals surface area contributed by atoms with Crippen LogP contribution in [0, 0.1) is 5.92 Å². The number of phenolic OH excluding ortho intramolecular Hbond substituents is 1. The fourth-order valence-electron chi connectivity index (χ4n) is 3.42. The first-order valence-electron chi connectivity index (χ1n) is 11.0. The molecule has 0 saturated carbocycles. The van der Waals surface area contributed by atoms with Crippen LogP contribution in [-0.2, 0) is 20.8 Å². The van der Waals surface area contributed by atoms with Gasteiger partial charge in [0.15, 0.2) is 0 Å². The number of aliphatic carboxylic acids is 1. The number of amides is 2. The van der Waals surface area contributed by atoms with E-state index in [0.29, 0.717) is 5.56 Å². The van der Waals surface area contributed by atoms with E-state index >= 15 is 0 Å². The van der Waals surface area contributed by atoms with Crippen molar-refractivity contribution in [2.45, 2.75) is 56.9 Å². The van der Waals surface area contributed by atoms with E-state index in [9.17, 15) is 24.6 Å². The second kappa shape index (κ2) is 12.3. The average Bonchev–Trinajstić information content (AvgIpc) is 2.82. The summed E-state index contributed by atoms with van der Waals surface area (Å²) in [6.07, 6.45) is 0.782. The lowest BCUT2D eigenvalue weighted by atomic mass is 9.91. The predicted octanol–water partition coefficient (Wildman–Crippen LogP) is 3.14. The largest absolute Gasteiger partial charge is 0.508 e. The average molecular weight is 473 g/mol. The van der Waals surface area contributed by atoms with Gasteiger partial charge in [0, 0.05) is 12.3 Å². The Labute approximate surface area is 200 Å². The third-order valence-corrected chi connectivity index (χ3v) is 6.59. The lowest BCUT2D eigenvalue weighted by Gasteiger charge is -2.28. The Kier molecular flexibility index (Phi) is 9.78. The maximum atomic E-state index is 13.3. The van der Waals surface area contributed by atoms with Crippen molar-refractivity contribution >= 4 is 30.4 Å². The van der Waals surface area contributed by atoms with E-state index in [-0.39, 0.29) is 24.0 Å². The van der Waals surface area contributed by atoms with Gasteiger partial charge < -0.3 is 20.8 Å². The molecule has 0 aliphatic carbocycles. The molecule has 2 aromatic rings. The van der Waals surface area contributed by atoms with Gasteiger partial charge in [-0.05, 0) is 29.2 Å². The molecule has 7 nitrogen and oxygen atoms in total. The van der Waals surface area contributed by atoms with Gasteiger partial charge in [0.2, 0.25) is 11.8 Å². The van der Waals surface area contributed by atoms with Crippen molar-refractivity contribution in [3.63, 3.8) is 0 Å². The second-order valence-corrected chi connectivity index (χ2v) is 8.84. The molecule has 0 saturated heterocycles. The Morgan fingerprint density at radius 1 is 0.939 bits per heavy atom. The number of nitrogens with one attached hydrogen (secondary N) is 2. The van der Waals surface area contributed by atoms with Crippen LogP contribution in [0.25, 0.3) is 0 Å². The van der Waals surface area contributed by atoms with E-state index in [1.54, 1.807) is 12.1 Å². The number of hydrogen-bond donors (Lipinski definition) is 5. The van der Waals surface area contributed by atoms with Gasteiger partial charge in [-0.3, -0.25) is 9.59 Å². The van der Waals surface area contributed by atoms with E-state index in [0.717, 1.165) is 12.0 Å². The molecular formula is C25H32N2O5S. The lowest BCUT2D eigenvalue weighted by Crippen LogP contribution is -2.55. The van der Waals surface area contributed by atoms with Crippen LogP contribution in [0.5, 0.6) is 5.75 Å². The van der Waals surface area contributed by atoms with Crippen LogP contribution >= 0.6 is 12.6 Å². The Morgan fingerprint density at radius 3 is 2.09 bits per heavy atom. The molecule has 0 spiro atoms. The first-order chi connectivity index (χ1) is 15.6. The zero-order valence-corrected chi connectivity index (χ0v) is 20.0.